The van der Waals surface area contributed by atoms with Gasteiger partial charge in [0.2, 0.25) is 0 Å². The predicted molar refractivity (Wildman–Crippen MR) is 90.5 cm³/mol. The summed E-state index contributed by atoms with van der Waals surface area (Å²) in [6.45, 7) is 7.95. The van der Waals surface area contributed by atoms with Crippen LogP contribution in [0, 0.1) is 11.3 Å². The van der Waals surface area contributed by atoms with Crippen LogP contribution in [0.15, 0.2) is 28.7 Å². The molecule has 3 rings (SSSR count). The minimum Gasteiger partial charge on any atom is -0.377 e. The van der Waals surface area contributed by atoms with E-state index in [1.807, 2.05) is 0 Å². The van der Waals surface area contributed by atoms with Crippen molar-refractivity contribution in [2.24, 2.45) is 11.3 Å². The van der Waals surface area contributed by atoms with E-state index in [1.165, 1.54) is 18.4 Å². The van der Waals surface area contributed by atoms with Gasteiger partial charge in [-0.15, -0.1) is 0 Å². The molecule has 4 unspecified atom stereocenters. The molecule has 0 spiro atoms. The largest absolute Gasteiger partial charge is 0.377 e. The number of benzene rings is 1. The van der Waals surface area contributed by atoms with Crippen LogP contribution >= 0.6 is 15.9 Å². The molecule has 0 radical (unpaired) electrons. The van der Waals surface area contributed by atoms with Gasteiger partial charge in [-0.2, -0.15) is 0 Å². The fourth-order valence-corrected chi connectivity index (χ4v) is 4.46. The van der Waals surface area contributed by atoms with Crippen molar-refractivity contribution in [1.29, 1.82) is 0 Å². The lowest BCUT2D eigenvalue weighted by atomic mass is 9.55. The first kappa shape index (κ1) is 15.5. The van der Waals surface area contributed by atoms with Gasteiger partial charge in [0.15, 0.2) is 0 Å². The quantitative estimate of drug-likeness (QED) is 0.878. The number of fused-ring (bicyclic) bond motifs is 1. The van der Waals surface area contributed by atoms with E-state index >= 15 is 0 Å². The Labute approximate surface area is 136 Å². The zero-order chi connectivity index (χ0) is 15.0. The lowest BCUT2D eigenvalue weighted by Crippen LogP contribution is -2.70. The molecule has 2 nitrogen and oxygen atoms in total. The van der Waals surface area contributed by atoms with Crippen LogP contribution in [0.2, 0.25) is 0 Å². The number of nitrogens with one attached hydrogen (secondary N) is 1. The Morgan fingerprint density at radius 1 is 1.33 bits per heavy atom. The third-order valence-electron chi connectivity index (χ3n) is 5.25. The average molecular weight is 352 g/mol. The standard InChI is InChI=1S/C18H26BrNO/c1-12(11-13-6-8-14(19)9-7-13)20-16-15-5-4-10-21-17(15)18(16,2)3/h6-9,12,15-17,20H,4-5,10-11H2,1-3H3. The van der Waals surface area contributed by atoms with Gasteiger partial charge in [-0.05, 0) is 43.9 Å². The molecule has 0 amide bonds. The average Bonchev–Trinajstić information content (AvgIpc) is 2.47. The Hall–Kier alpha value is -0.380. The molecular weight excluding hydrogens is 326 g/mol. The monoisotopic (exact) mass is 351 g/mol. The molecule has 1 saturated heterocycles. The van der Waals surface area contributed by atoms with Gasteiger partial charge in [-0.25, -0.2) is 0 Å². The number of hydrogen-bond acceptors (Lipinski definition) is 2. The summed E-state index contributed by atoms with van der Waals surface area (Å²) < 4.78 is 7.14. The molecule has 0 aromatic heterocycles. The molecular formula is C18H26BrNO. The molecule has 1 N–H and O–H groups in total. The van der Waals surface area contributed by atoms with E-state index in [1.54, 1.807) is 0 Å². The van der Waals surface area contributed by atoms with E-state index in [0.29, 0.717) is 24.1 Å². The summed E-state index contributed by atoms with van der Waals surface area (Å²) in [5, 5.41) is 3.88. The van der Waals surface area contributed by atoms with Crippen LogP contribution in [-0.2, 0) is 11.2 Å². The topological polar surface area (TPSA) is 21.3 Å². The van der Waals surface area contributed by atoms with Gasteiger partial charge in [-0.1, -0.05) is 41.9 Å². The van der Waals surface area contributed by atoms with Crippen molar-refractivity contribution in [2.45, 2.75) is 58.2 Å². The molecule has 1 aliphatic heterocycles. The fraction of sp³-hybridized carbons (Fsp3) is 0.667. The molecule has 2 fully saturated rings. The minimum atomic E-state index is 0.263. The Bertz CT molecular complexity index is 484. The number of ether oxygens (including phenoxy) is 1. The summed E-state index contributed by atoms with van der Waals surface area (Å²) in [4.78, 5) is 0. The summed E-state index contributed by atoms with van der Waals surface area (Å²) in [6.07, 6.45) is 4.08. The molecule has 0 bridgehead atoms. The minimum absolute atomic E-state index is 0.263. The molecule has 116 valence electrons. The van der Waals surface area contributed by atoms with Crippen molar-refractivity contribution in [3.05, 3.63) is 34.3 Å². The summed E-state index contributed by atoms with van der Waals surface area (Å²) in [6, 6.07) is 9.76. The molecule has 1 aromatic rings. The first-order chi connectivity index (χ1) is 9.98. The molecule has 2 aliphatic rings. The molecule has 1 saturated carbocycles. The zero-order valence-electron chi connectivity index (χ0n) is 13.2. The Morgan fingerprint density at radius 2 is 2.05 bits per heavy atom. The number of rotatable bonds is 4. The highest BCUT2D eigenvalue weighted by molar-refractivity contribution is 9.10. The molecule has 21 heavy (non-hydrogen) atoms. The predicted octanol–water partition coefficient (Wildman–Crippen LogP) is 4.17. The summed E-state index contributed by atoms with van der Waals surface area (Å²) >= 11 is 3.50. The van der Waals surface area contributed by atoms with Gasteiger partial charge in [-0.3, -0.25) is 0 Å². The van der Waals surface area contributed by atoms with Gasteiger partial charge < -0.3 is 10.1 Å². The molecule has 1 aliphatic carbocycles. The normalized spacial score (nSPS) is 32.1. The smallest absolute Gasteiger partial charge is 0.0684 e. The van der Waals surface area contributed by atoms with E-state index in [2.05, 4.69) is 66.3 Å². The van der Waals surface area contributed by atoms with Crippen LogP contribution in [0.3, 0.4) is 0 Å². The van der Waals surface area contributed by atoms with Crippen LogP contribution in [0.25, 0.3) is 0 Å². The van der Waals surface area contributed by atoms with E-state index in [-0.39, 0.29) is 5.41 Å². The molecule has 1 aromatic carbocycles. The van der Waals surface area contributed by atoms with Gasteiger partial charge in [0, 0.05) is 34.5 Å². The second-order valence-corrected chi connectivity index (χ2v) is 8.21. The van der Waals surface area contributed by atoms with Crippen molar-refractivity contribution >= 4 is 15.9 Å². The van der Waals surface area contributed by atoms with Gasteiger partial charge in [0.1, 0.15) is 0 Å². The highest BCUT2D eigenvalue weighted by Gasteiger charge is 2.57. The van der Waals surface area contributed by atoms with E-state index < -0.39 is 0 Å². The van der Waals surface area contributed by atoms with E-state index in [4.69, 9.17) is 4.74 Å². The second-order valence-electron chi connectivity index (χ2n) is 7.29. The lowest BCUT2D eigenvalue weighted by Gasteiger charge is -2.60. The third-order valence-corrected chi connectivity index (χ3v) is 5.78. The second kappa shape index (κ2) is 6.02. The fourth-order valence-electron chi connectivity index (χ4n) is 4.20. The third kappa shape index (κ3) is 3.06. The molecule has 1 heterocycles. The Kier molecular flexibility index (Phi) is 4.45. The zero-order valence-corrected chi connectivity index (χ0v) is 14.8. The van der Waals surface area contributed by atoms with E-state index in [9.17, 15) is 0 Å². The number of hydrogen-bond donors (Lipinski definition) is 1. The maximum absolute atomic E-state index is 5.99. The van der Waals surface area contributed by atoms with Crippen molar-refractivity contribution in [3.8, 4) is 0 Å². The Morgan fingerprint density at radius 3 is 2.76 bits per heavy atom. The van der Waals surface area contributed by atoms with Crippen molar-refractivity contribution < 1.29 is 4.74 Å². The van der Waals surface area contributed by atoms with Gasteiger partial charge in [0.25, 0.3) is 0 Å². The summed E-state index contributed by atoms with van der Waals surface area (Å²) in [5.41, 5.74) is 1.66. The first-order valence-electron chi connectivity index (χ1n) is 8.10. The molecule has 3 heteroatoms. The van der Waals surface area contributed by atoms with Crippen LogP contribution < -0.4 is 5.32 Å². The summed E-state index contributed by atoms with van der Waals surface area (Å²) in [7, 11) is 0. The van der Waals surface area contributed by atoms with Crippen LogP contribution in [0.1, 0.15) is 39.2 Å². The van der Waals surface area contributed by atoms with E-state index in [0.717, 1.165) is 17.5 Å². The first-order valence-corrected chi connectivity index (χ1v) is 8.90. The maximum Gasteiger partial charge on any atom is 0.0684 e. The highest BCUT2D eigenvalue weighted by atomic mass is 79.9. The van der Waals surface area contributed by atoms with Crippen molar-refractivity contribution in [2.75, 3.05) is 6.61 Å². The van der Waals surface area contributed by atoms with Crippen LogP contribution in [0.4, 0.5) is 0 Å². The van der Waals surface area contributed by atoms with Crippen molar-refractivity contribution in [3.63, 3.8) is 0 Å². The maximum atomic E-state index is 5.99. The lowest BCUT2D eigenvalue weighted by molar-refractivity contribution is -0.194. The van der Waals surface area contributed by atoms with Crippen LogP contribution in [0.5, 0.6) is 0 Å². The SMILES string of the molecule is CC(Cc1ccc(Br)cc1)NC1C2CCCOC2C1(C)C. The Balaban J connectivity index is 1.59. The molecule has 4 atom stereocenters. The highest BCUT2D eigenvalue weighted by Crippen LogP contribution is 2.51. The van der Waals surface area contributed by atoms with Gasteiger partial charge >= 0.3 is 0 Å². The van der Waals surface area contributed by atoms with Gasteiger partial charge in [0.05, 0.1) is 6.10 Å². The van der Waals surface area contributed by atoms with Crippen LogP contribution in [-0.4, -0.2) is 24.8 Å². The number of halogens is 1. The van der Waals surface area contributed by atoms with Crippen molar-refractivity contribution in [1.82, 2.24) is 5.32 Å². The summed E-state index contributed by atoms with van der Waals surface area (Å²) in [5.74, 6) is 0.709.